The highest BCUT2D eigenvalue weighted by Crippen LogP contribution is 2.18. The van der Waals surface area contributed by atoms with Crippen molar-refractivity contribution >= 4 is 0 Å². The molecule has 1 aliphatic heterocycles. The first-order chi connectivity index (χ1) is 8.19. The van der Waals surface area contributed by atoms with Gasteiger partial charge < -0.3 is 9.73 Å². The van der Waals surface area contributed by atoms with Crippen LogP contribution in [0.5, 0.6) is 0 Å². The number of oxazole rings is 1. The molecule has 1 aromatic rings. The van der Waals surface area contributed by atoms with Crippen LogP contribution in [0.1, 0.15) is 30.7 Å². The van der Waals surface area contributed by atoms with Gasteiger partial charge in [0.25, 0.3) is 0 Å². The molecule has 1 aromatic heterocycles. The Kier molecular flexibility index (Phi) is 4.18. The molecular formula is C13H23N3O. The highest BCUT2D eigenvalue weighted by Gasteiger charge is 2.23. The number of rotatable bonds is 5. The van der Waals surface area contributed by atoms with Crippen molar-refractivity contribution in [3.8, 4) is 0 Å². The van der Waals surface area contributed by atoms with E-state index >= 15 is 0 Å². The highest BCUT2D eigenvalue weighted by atomic mass is 16.4. The van der Waals surface area contributed by atoms with Gasteiger partial charge in [-0.1, -0.05) is 6.92 Å². The Morgan fingerprint density at radius 2 is 2.29 bits per heavy atom. The van der Waals surface area contributed by atoms with Crippen LogP contribution in [-0.2, 0) is 6.54 Å². The summed E-state index contributed by atoms with van der Waals surface area (Å²) >= 11 is 0. The van der Waals surface area contributed by atoms with Crippen LogP contribution in [-0.4, -0.2) is 36.1 Å². The second-order valence-corrected chi connectivity index (χ2v) is 4.95. The largest absolute Gasteiger partial charge is 0.444 e. The summed E-state index contributed by atoms with van der Waals surface area (Å²) in [5.74, 6) is 2.60. The summed E-state index contributed by atoms with van der Waals surface area (Å²) in [5, 5.41) is 3.42. The van der Waals surface area contributed by atoms with Gasteiger partial charge in [-0.25, -0.2) is 4.98 Å². The van der Waals surface area contributed by atoms with Crippen molar-refractivity contribution in [3.05, 3.63) is 17.3 Å². The van der Waals surface area contributed by atoms with Crippen molar-refractivity contribution in [2.75, 3.05) is 26.2 Å². The molecule has 17 heavy (non-hydrogen) atoms. The van der Waals surface area contributed by atoms with E-state index in [1.807, 2.05) is 13.8 Å². The van der Waals surface area contributed by atoms with Crippen molar-refractivity contribution in [3.63, 3.8) is 0 Å². The number of nitrogens with zero attached hydrogens (tertiary/aromatic N) is 2. The minimum absolute atomic E-state index is 0.784. The fourth-order valence-corrected chi connectivity index (χ4v) is 2.37. The quantitative estimate of drug-likeness (QED) is 0.846. The van der Waals surface area contributed by atoms with Crippen LogP contribution < -0.4 is 5.32 Å². The van der Waals surface area contributed by atoms with Gasteiger partial charge in [0.15, 0.2) is 0 Å². The van der Waals surface area contributed by atoms with Gasteiger partial charge >= 0.3 is 0 Å². The molecule has 0 bridgehead atoms. The molecule has 2 heterocycles. The van der Waals surface area contributed by atoms with E-state index in [0.29, 0.717) is 0 Å². The molecule has 1 aliphatic rings. The monoisotopic (exact) mass is 237 g/mol. The molecule has 0 saturated carbocycles. The molecular weight excluding hydrogens is 214 g/mol. The van der Waals surface area contributed by atoms with Gasteiger partial charge in [0.1, 0.15) is 5.76 Å². The predicted octanol–water partition coefficient (Wildman–Crippen LogP) is 1.72. The molecule has 0 aliphatic carbocycles. The average Bonchev–Trinajstić information content (AvgIpc) is 2.85. The Hall–Kier alpha value is -0.870. The van der Waals surface area contributed by atoms with Gasteiger partial charge in [-0.3, -0.25) is 4.90 Å². The topological polar surface area (TPSA) is 41.3 Å². The van der Waals surface area contributed by atoms with Crippen LogP contribution in [0.15, 0.2) is 4.42 Å². The van der Waals surface area contributed by atoms with Gasteiger partial charge in [-0.15, -0.1) is 0 Å². The summed E-state index contributed by atoms with van der Waals surface area (Å²) in [6.07, 6.45) is 1.28. The maximum absolute atomic E-state index is 5.62. The van der Waals surface area contributed by atoms with Crippen molar-refractivity contribution in [2.45, 2.75) is 33.7 Å². The normalized spacial score (nSPS) is 21.2. The highest BCUT2D eigenvalue weighted by molar-refractivity contribution is 5.05. The van der Waals surface area contributed by atoms with Gasteiger partial charge in [0, 0.05) is 6.54 Å². The maximum atomic E-state index is 5.62. The van der Waals surface area contributed by atoms with Gasteiger partial charge in [0.2, 0.25) is 5.89 Å². The predicted molar refractivity (Wildman–Crippen MR) is 67.9 cm³/mol. The molecule has 1 N–H and O–H groups in total. The second-order valence-electron chi connectivity index (χ2n) is 4.95. The summed E-state index contributed by atoms with van der Waals surface area (Å²) in [5.41, 5.74) is 1.02. The Morgan fingerprint density at radius 1 is 1.47 bits per heavy atom. The molecule has 1 unspecified atom stereocenters. The lowest BCUT2D eigenvalue weighted by molar-refractivity contribution is 0.277. The van der Waals surface area contributed by atoms with E-state index in [2.05, 4.69) is 22.1 Å². The lowest BCUT2D eigenvalue weighted by atomic mass is 10.1. The summed E-state index contributed by atoms with van der Waals surface area (Å²) in [7, 11) is 0. The standard InChI is InChI=1S/C13H23N3O/c1-4-14-7-12-5-6-16(8-12)9-13-15-10(2)11(3)17-13/h12,14H,4-9H2,1-3H3. The van der Waals surface area contributed by atoms with E-state index in [-0.39, 0.29) is 0 Å². The first kappa shape index (κ1) is 12.6. The Morgan fingerprint density at radius 3 is 2.94 bits per heavy atom. The van der Waals surface area contributed by atoms with Gasteiger partial charge in [0.05, 0.1) is 12.2 Å². The molecule has 4 heteroatoms. The summed E-state index contributed by atoms with van der Waals surface area (Å²) in [6, 6.07) is 0. The van der Waals surface area contributed by atoms with E-state index in [4.69, 9.17) is 4.42 Å². The second kappa shape index (κ2) is 5.65. The summed E-state index contributed by atoms with van der Waals surface area (Å²) in [6.45, 7) is 11.5. The maximum Gasteiger partial charge on any atom is 0.208 e. The minimum Gasteiger partial charge on any atom is -0.444 e. The number of aromatic nitrogens is 1. The smallest absolute Gasteiger partial charge is 0.208 e. The first-order valence-electron chi connectivity index (χ1n) is 6.55. The number of nitrogens with one attached hydrogen (secondary N) is 1. The Balaban J connectivity index is 1.81. The third-order valence-electron chi connectivity index (χ3n) is 3.48. The van der Waals surface area contributed by atoms with E-state index < -0.39 is 0 Å². The fraction of sp³-hybridized carbons (Fsp3) is 0.769. The SMILES string of the molecule is CCNCC1CCN(Cc2nc(C)c(C)o2)C1. The van der Waals surface area contributed by atoms with Gasteiger partial charge in [-0.2, -0.15) is 0 Å². The zero-order valence-corrected chi connectivity index (χ0v) is 11.1. The van der Waals surface area contributed by atoms with Crippen molar-refractivity contribution in [2.24, 2.45) is 5.92 Å². The fourth-order valence-electron chi connectivity index (χ4n) is 2.37. The van der Waals surface area contributed by atoms with Crippen LogP contribution in [0.25, 0.3) is 0 Å². The van der Waals surface area contributed by atoms with Crippen LogP contribution in [0.2, 0.25) is 0 Å². The van der Waals surface area contributed by atoms with Crippen molar-refractivity contribution in [1.29, 1.82) is 0 Å². The molecule has 1 fully saturated rings. The molecule has 4 nitrogen and oxygen atoms in total. The number of hydrogen-bond donors (Lipinski definition) is 1. The van der Waals surface area contributed by atoms with Crippen LogP contribution in [0.4, 0.5) is 0 Å². The zero-order chi connectivity index (χ0) is 12.3. The number of hydrogen-bond acceptors (Lipinski definition) is 4. The molecule has 0 aromatic carbocycles. The molecule has 96 valence electrons. The van der Waals surface area contributed by atoms with Crippen LogP contribution in [0.3, 0.4) is 0 Å². The zero-order valence-electron chi connectivity index (χ0n) is 11.1. The molecule has 1 atom stereocenters. The minimum atomic E-state index is 0.784. The number of likely N-dealkylation sites (tertiary alicyclic amines) is 1. The number of aryl methyl sites for hydroxylation is 2. The average molecular weight is 237 g/mol. The van der Waals surface area contributed by atoms with Crippen LogP contribution >= 0.6 is 0 Å². The first-order valence-corrected chi connectivity index (χ1v) is 6.55. The summed E-state index contributed by atoms with van der Waals surface area (Å²) in [4.78, 5) is 6.87. The Labute approximate surface area is 103 Å². The van der Waals surface area contributed by atoms with Crippen molar-refractivity contribution < 1.29 is 4.42 Å². The van der Waals surface area contributed by atoms with Gasteiger partial charge in [-0.05, 0) is 45.8 Å². The summed E-state index contributed by atoms with van der Waals surface area (Å²) < 4.78 is 5.62. The lowest BCUT2D eigenvalue weighted by Crippen LogP contribution is -2.26. The van der Waals surface area contributed by atoms with E-state index in [0.717, 1.165) is 56.0 Å². The molecule has 1 saturated heterocycles. The van der Waals surface area contributed by atoms with E-state index in [1.54, 1.807) is 0 Å². The van der Waals surface area contributed by atoms with E-state index in [9.17, 15) is 0 Å². The Bertz CT molecular complexity index is 342. The lowest BCUT2D eigenvalue weighted by Gasteiger charge is -2.13. The van der Waals surface area contributed by atoms with E-state index in [1.165, 1.54) is 6.42 Å². The molecule has 0 spiro atoms. The third kappa shape index (κ3) is 3.30. The molecule has 2 rings (SSSR count). The van der Waals surface area contributed by atoms with Crippen molar-refractivity contribution in [1.82, 2.24) is 15.2 Å². The molecule has 0 radical (unpaired) electrons. The third-order valence-corrected chi connectivity index (χ3v) is 3.48. The molecule has 0 amide bonds. The van der Waals surface area contributed by atoms with Crippen LogP contribution in [0, 0.1) is 19.8 Å².